The molecule has 1 aliphatic heterocycles. The van der Waals surface area contributed by atoms with Crippen LogP contribution in [0.5, 0.6) is 0 Å². The third kappa shape index (κ3) is 4.03. The zero-order valence-electron chi connectivity index (χ0n) is 19.7. The normalized spacial score (nSPS) is 14.5. The van der Waals surface area contributed by atoms with Crippen LogP contribution in [0.1, 0.15) is 39.6 Å². The molecule has 37 heavy (non-hydrogen) atoms. The standard InChI is InChI=1S/C28H22ClFN4O3/c29-18-8-9-21-22(16-33(25(21)15-18)26(35)17-4-3-5-19(30)14-17)27(36)32-12-10-20(11-13-32)34-24-7-2-1-6-23(24)31-28(34)37/h1-9,14-16,20H,10-13H2,(H,31,37). The number of halogens is 2. The number of carbonyl (C=O) groups excluding carboxylic acids is 2. The second-order valence-corrected chi connectivity index (χ2v) is 9.67. The van der Waals surface area contributed by atoms with E-state index >= 15 is 0 Å². The molecule has 3 heterocycles. The average molecular weight is 517 g/mol. The number of benzene rings is 3. The van der Waals surface area contributed by atoms with Gasteiger partial charge in [0.15, 0.2) is 0 Å². The fourth-order valence-electron chi connectivity index (χ4n) is 5.23. The largest absolute Gasteiger partial charge is 0.338 e. The van der Waals surface area contributed by atoms with Crippen molar-refractivity contribution in [3.8, 4) is 0 Å². The van der Waals surface area contributed by atoms with Crippen LogP contribution in [0.3, 0.4) is 0 Å². The molecule has 1 aliphatic rings. The van der Waals surface area contributed by atoms with Crippen molar-refractivity contribution in [3.05, 3.63) is 105 Å². The summed E-state index contributed by atoms with van der Waals surface area (Å²) in [5.74, 6) is -1.18. The van der Waals surface area contributed by atoms with Crippen molar-refractivity contribution < 1.29 is 14.0 Å². The Hall–Kier alpha value is -4.17. The van der Waals surface area contributed by atoms with Gasteiger partial charge in [0.1, 0.15) is 5.82 Å². The van der Waals surface area contributed by atoms with Crippen molar-refractivity contribution in [3.63, 3.8) is 0 Å². The number of piperidine rings is 1. The lowest BCUT2D eigenvalue weighted by molar-refractivity contribution is 0.0697. The molecule has 1 amide bonds. The van der Waals surface area contributed by atoms with Crippen LogP contribution in [0.2, 0.25) is 5.02 Å². The van der Waals surface area contributed by atoms with E-state index in [1.54, 1.807) is 27.7 Å². The number of imidazole rings is 1. The monoisotopic (exact) mass is 516 g/mol. The van der Waals surface area contributed by atoms with Crippen LogP contribution in [-0.2, 0) is 0 Å². The number of para-hydroxylation sites is 2. The van der Waals surface area contributed by atoms with Crippen LogP contribution in [0.25, 0.3) is 21.9 Å². The Morgan fingerprint density at radius 1 is 0.919 bits per heavy atom. The van der Waals surface area contributed by atoms with Gasteiger partial charge in [-0.05, 0) is 55.3 Å². The highest BCUT2D eigenvalue weighted by molar-refractivity contribution is 6.31. The van der Waals surface area contributed by atoms with Gasteiger partial charge in [0.25, 0.3) is 11.8 Å². The Bertz CT molecular complexity index is 1740. The summed E-state index contributed by atoms with van der Waals surface area (Å²) in [5, 5.41) is 1.01. The maximum absolute atomic E-state index is 13.8. The fourth-order valence-corrected chi connectivity index (χ4v) is 5.40. The number of nitrogens with zero attached hydrogens (tertiary/aromatic N) is 3. The van der Waals surface area contributed by atoms with Gasteiger partial charge in [-0.25, -0.2) is 9.18 Å². The van der Waals surface area contributed by atoms with Gasteiger partial charge in [-0.1, -0.05) is 35.9 Å². The van der Waals surface area contributed by atoms with E-state index in [1.807, 2.05) is 24.3 Å². The van der Waals surface area contributed by atoms with Crippen molar-refractivity contribution in [1.82, 2.24) is 19.0 Å². The lowest BCUT2D eigenvalue weighted by Gasteiger charge is -2.32. The van der Waals surface area contributed by atoms with Gasteiger partial charge in [-0.3, -0.25) is 18.7 Å². The minimum atomic E-state index is -0.520. The SMILES string of the molecule is O=C(c1cn(C(=O)c2cccc(F)c2)c2cc(Cl)ccc12)N1CCC(n2c(=O)[nH]c3ccccc32)CC1. The van der Waals surface area contributed by atoms with Gasteiger partial charge in [-0.15, -0.1) is 0 Å². The predicted molar refractivity (Wildman–Crippen MR) is 140 cm³/mol. The topological polar surface area (TPSA) is 80.1 Å². The molecule has 0 spiro atoms. The first kappa shape index (κ1) is 23.2. The van der Waals surface area contributed by atoms with Crippen LogP contribution in [0, 0.1) is 5.82 Å². The van der Waals surface area contributed by atoms with Crippen molar-refractivity contribution in [2.75, 3.05) is 13.1 Å². The number of fused-ring (bicyclic) bond motifs is 2. The summed E-state index contributed by atoms with van der Waals surface area (Å²) in [7, 11) is 0. The first-order valence-electron chi connectivity index (χ1n) is 12.0. The van der Waals surface area contributed by atoms with Crippen LogP contribution < -0.4 is 5.69 Å². The molecule has 2 aromatic heterocycles. The van der Waals surface area contributed by atoms with Crippen LogP contribution in [-0.4, -0.2) is 43.9 Å². The fraction of sp³-hybridized carbons (Fsp3) is 0.179. The number of aromatic amines is 1. The quantitative estimate of drug-likeness (QED) is 0.356. The number of aromatic nitrogens is 3. The Morgan fingerprint density at radius 3 is 2.49 bits per heavy atom. The molecular formula is C28H22ClFN4O3. The molecule has 1 saturated heterocycles. The summed E-state index contributed by atoms with van der Waals surface area (Å²) in [4.78, 5) is 44.1. The van der Waals surface area contributed by atoms with Crippen LogP contribution in [0.15, 0.2) is 77.7 Å². The lowest BCUT2D eigenvalue weighted by Crippen LogP contribution is -2.40. The maximum Gasteiger partial charge on any atom is 0.326 e. The molecular weight excluding hydrogens is 495 g/mol. The number of H-pyrrole nitrogens is 1. The number of hydrogen-bond acceptors (Lipinski definition) is 3. The van der Waals surface area contributed by atoms with E-state index in [0.717, 1.165) is 17.1 Å². The minimum Gasteiger partial charge on any atom is -0.338 e. The zero-order chi connectivity index (χ0) is 25.7. The molecule has 6 rings (SSSR count). The van der Waals surface area contributed by atoms with Gasteiger partial charge in [-0.2, -0.15) is 0 Å². The van der Waals surface area contributed by atoms with Crippen LogP contribution >= 0.6 is 11.6 Å². The van der Waals surface area contributed by atoms with Crippen molar-refractivity contribution in [2.45, 2.75) is 18.9 Å². The first-order chi connectivity index (χ1) is 17.9. The van der Waals surface area contributed by atoms with Gasteiger partial charge in [0, 0.05) is 41.3 Å². The highest BCUT2D eigenvalue weighted by Gasteiger charge is 2.29. The van der Waals surface area contributed by atoms with Gasteiger partial charge < -0.3 is 9.88 Å². The third-order valence-corrected chi connectivity index (χ3v) is 7.26. The molecule has 0 bridgehead atoms. The van der Waals surface area contributed by atoms with E-state index in [-0.39, 0.29) is 23.2 Å². The van der Waals surface area contributed by atoms with Crippen LogP contribution in [0.4, 0.5) is 4.39 Å². The molecule has 186 valence electrons. The summed E-state index contributed by atoms with van der Waals surface area (Å²) >= 11 is 6.21. The van der Waals surface area contributed by atoms with Gasteiger partial charge in [0.2, 0.25) is 0 Å². The molecule has 7 nitrogen and oxygen atoms in total. The van der Waals surface area contributed by atoms with E-state index in [2.05, 4.69) is 4.98 Å². The summed E-state index contributed by atoms with van der Waals surface area (Å²) in [6.45, 7) is 0.932. The second-order valence-electron chi connectivity index (χ2n) is 9.23. The predicted octanol–water partition coefficient (Wildman–Crippen LogP) is 5.24. The van der Waals surface area contributed by atoms with Crippen molar-refractivity contribution >= 4 is 45.4 Å². The highest BCUT2D eigenvalue weighted by atomic mass is 35.5. The van der Waals surface area contributed by atoms with Gasteiger partial charge >= 0.3 is 5.69 Å². The Morgan fingerprint density at radius 2 is 1.70 bits per heavy atom. The zero-order valence-corrected chi connectivity index (χ0v) is 20.4. The Kier molecular flexibility index (Phi) is 5.68. The first-order valence-corrected chi connectivity index (χ1v) is 12.4. The average Bonchev–Trinajstić information content (AvgIpc) is 3.44. The van der Waals surface area contributed by atoms with Crippen molar-refractivity contribution in [1.29, 1.82) is 0 Å². The van der Waals surface area contributed by atoms with Crippen molar-refractivity contribution in [2.24, 2.45) is 0 Å². The number of carbonyl (C=O) groups is 2. The smallest absolute Gasteiger partial charge is 0.326 e. The molecule has 0 atom stereocenters. The number of likely N-dealkylation sites (tertiary alicyclic amines) is 1. The summed E-state index contributed by atoms with van der Waals surface area (Å²) in [5.41, 5.74) is 2.51. The minimum absolute atomic E-state index is 0.0256. The van der Waals surface area contributed by atoms with E-state index in [9.17, 15) is 18.8 Å². The molecule has 0 radical (unpaired) electrons. The number of hydrogen-bond donors (Lipinski definition) is 1. The molecule has 1 N–H and O–H groups in total. The Labute approximate surface area is 215 Å². The molecule has 0 aliphatic carbocycles. The number of rotatable bonds is 3. The highest BCUT2D eigenvalue weighted by Crippen LogP contribution is 2.30. The Balaban J connectivity index is 1.30. The lowest BCUT2D eigenvalue weighted by atomic mass is 10.0. The van der Waals surface area contributed by atoms with E-state index < -0.39 is 11.7 Å². The third-order valence-electron chi connectivity index (χ3n) is 7.03. The maximum atomic E-state index is 13.8. The van der Waals surface area contributed by atoms with E-state index in [0.29, 0.717) is 47.4 Å². The second kappa shape index (κ2) is 9.05. The molecule has 1 fully saturated rings. The summed E-state index contributed by atoms with van der Waals surface area (Å²) < 4.78 is 16.9. The molecule has 5 aromatic rings. The molecule has 9 heteroatoms. The number of amides is 1. The van der Waals surface area contributed by atoms with Gasteiger partial charge in [0.05, 0.1) is 22.1 Å². The summed E-state index contributed by atoms with van der Waals surface area (Å²) in [6, 6.07) is 18.0. The summed E-state index contributed by atoms with van der Waals surface area (Å²) in [6.07, 6.45) is 2.76. The van der Waals surface area contributed by atoms with E-state index in [4.69, 9.17) is 11.6 Å². The molecule has 0 saturated carbocycles. The molecule has 3 aromatic carbocycles. The van der Waals surface area contributed by atoms with E-state index in [1.165, 1.54) is 29.0 Å². The molecule has 0 unspecified atom stereocenters. The number of nitrogens with one attached hydrogen (secondary N) is 1.